The Labute approximate surface area is 92.0 Å². The van der Waals surface area contributed by atoms with Crippen LogP contribution in [0, 0.1) is 11.8 Å². The molecule has 2 aliphatic rings. The highest BCUT2D eigenvalue weighted by atomic mass is 16.1. The normalized spacial score (nSPS) is 38.5. The lowest BCUT2D eigenvalue weighted by atomic mass is 9.84. The lowest BCUT2D eigenvalue weighted by molar-refractivity contribution is -0.123. The number of rotatable bonds is 2. The van der Waals surface area contributed by atoms with E-state index in [1.165, 1.54) is 6.42 Å². The third-order valence-electron chi connectivity index (χ3n) is 4.09. The maximum Gasteiger partial charge on any atom is 0.134 e. The summed E-state index contributed by atoms with van der Waals surface area (Å²) < 4.78 is 0. The van der Waals surface area contributed by atoms with E-state index < -0.39 is 0 Å². The second-order valence-electron chi connectivity index (χ2n) is 5.21. The molecule has 3 unspecified atom stereocenters. The Balaban J connectivity index is 1.94. The van der Waals surface area contributed by atoms with Crippen molar-refractivity contribution in [2.45, 2.75) is 38.6 Å². The molecule has 0 aromatic carbocycles. The van der Waals surface area contributed by atoms with Gasteiger partial charge in [-0.3, -0.25) is 9.69 Å². The Morgan fingerprint density at radius 1 is 1.47 bits per heavy atom. The lowest BCUT2D eigenvalue weighted by Crippen LogP contribution is -2.42. The summed E-state index contributed by atoms with van der Waals surface area (Å²) in [5.41, 5.74) is 5.69. The molecule has 0 bridgehead atoms. The molecule has 0 amide bonds. The van der Waals surface area contributed by atoms with Gasteiger partial charge in [0.15, 0.2) is 0 Å². The zero-order chi connectivity index (χ0) is 10.8. The van der Waals surface area contributed by atoms with Crippen LogP contribution in [-0.4, -0.2) is 36.4 Å². The highest BCUT2D eigenvalue weighted by Crippen LogP contribution is 2.29. The van der Waals surface area contributed by atoms with E-state index in [0.29, 0.717) is 23.7 Å². The number of hydrogen-bond acceptors (Lipinski definition) is 3. The van der Waals surface area contributed by atoms with E-state index in [9.17, 15) is 4.79 Å². The first-order chi connectivity index (χ1) is 7.20. The van der Waals surface area contributed by atoms with Crippen molar-refractivity contribution in [2.75, 3.05) is 19.6 Å². The summed E-state index contributed by atoms with van der Waals surface area (Å²) in [6.07, 6.45) is 3.87. The van der Waals surface area contributed by atoms with Crippen molar-refractivity contribution in [3.05, 3.63) is 0 Å². The molecule has 2 rings (SSSR count). The molecule has 1 aliphatic heterocycles. The fraction of sp³-hybridized carbons (Fsp3) is 0.917. The second kappa shape index (κ2) is 4.62. The molecule has 3 heteroatoms. The number of nitrogens with two attached hydrogens (primary N) is 1. The fourth-order valence-corrected chi connectivity index (χ4v) is 2.96. The largest absolute Gasteiger partial charge is 0.330 e. The summed E-state index contributed by atoms with van der Waals surface area (Å²) in [6.45, 7) is 5.33. The molecular weight excluding hydrogens is 188 g/mol. The molecule has 2 fully saturated rings. The molecule has 1 heterocycles. The van der Waals surface area contributed by atoms with E-state index in [0.717, 1.165) is 38.9 Å². The van der Waals surface area contributed by atoms with Crippen LogP contribution in [0.1, 0.15) is 32.6 Å². The predicted octanol–water partition coefficient (Wildman–Crippen LogP) is 1.02. The maximum absolute atomic E-state index is 11.5. The van der Waals surface area contributed by atoms with Crippen LogP contribution in [-0.2, 0) is 4.79 Å². The van der Waals surface area contributed by atoms with E-state index in [1.807, 2.05) is 0 Å². The smallest absolute Gasteiger partial charge is 0.134 e. The molecule has 1 aliphatic carbocycles. The van der Waals surface area contributed by atoms with Crippen LogP contribution in [0.5, 0.6) is 0 Å². The van der Waals surface area contributed by atoms with Crippen molar-refractivity contribution in [2.24, 2.45) is 17.6 Å². The molecule has 0 spiro atoms. The van der Waals surface area contributed by atoms with Crippen LogP contribution < -0.4 is 5.73 Å². The first kappa shape index (κ1) is 11.1. The summed E-state index contributed by atoms with van der Waals surface area (Å²) >= 11 is 0. The summed E-state index contributed by atoms with van der Waals surface area (Å²) in [6, 6.07) is 0.503. The Hall–Kier alpha value is -0.410. The zero-order valence-corrected chi connectivity index (χ0v) is 9.61. The van der Waals surface area contributed by atoms with Crippen LogP contribution in [0.4, 0.5) is 0 Å². The van der Waals surface area contributed by atoms with Gasteiger partial charge >= 0.3 is 0 Å². The Bertz CT molecular complexity index is 242. The van der Waals surface area contributed by atoms with Gasteiger partial charge in [-0.1, -0.05) is 6.92 Å². The Morgan fingerprint density at radius 2 is 2.27 bits per heavy atom. The van der Waals surface area contributed by atoms with Crippen LogP contribution in [0.25, 0.3) is 0 Å². The van der Waals surface area contributed by atoms with E-state index in [1.54, 1.807) is 0 Å². The summed E-state index contributed by atoms with van der Waals surface area (Å²) in [4.78, 5) is 14.0. The van der Waals surface area contributed by atoms with Crippen molar-refractivity contribution < 1.29 is 4.79 Å². The summed E-state index contributed by atoms with van der Waals surface area (Å²) in [5.74, 6) is 1.79. The molecule has 0 radical (unpaired) electrons. The van der Waals surface area contributed by atoms with Gasteiger partial charge in [-0.05, 0) is 37.8 Å². The SMILES string of the molecule is CC1CCC(=O)CC1N1CCC(CN)C1. The number of ketones is 1. The minimum atomic E-state index is 0.453. The number of carbonyl (C=O) groups excluding carboxylic acids is 1. The Kier molecular flexibility index (Phi) is 3.42. The molecule has 3 nitrogen and oxygen atoms in total. The van der Waals surface area contributed by atoms with Crippen molar-refractivity contribution in [1.29, 1.82) is 0 Å². The number of hydrogen-bond donors (Lipinski definition) is 1. The van der Waals surface area contributed by atoms with Crippen molar-refractivity contribution >= 4 is 5.78 Å². The van der Waals surface area contributed by atoms with E-state index in [4.69, 9.17) is 5.73 Å². The quantitative estimate of drug-likeness (QED) is 0.740. The molecule has 0 aromatic heterocycles. The molecule has 1 saturated carbocycles. The lowest BCUT2D eigenvalue weighted by Gasteiger charge is -2.35. The predicted molar refractivity (Wildman–Crippen MR) is 60.5 cm³/mol. The van der Waals surface area contributed by atoms with Gasteiger partial charge in [0.05, 0.1) is 0 Å². The Morgan fingerprint density at radius 3 is 2.93 bits per heavy atom. The topological polar surface area (TPSA) is 46.3 Å². The monoisotopic (exact) mass is 210 g/mol. The average Bonchev–Trinajstić information content (AvgIpc) is 2.70. The van der Waals surface area contributed by atoms with E-state index in [2.05, 4.69) is 11.8 Å². The molecule has 3 atom stereocenters. The first-order valence-electron chi connectivity index (χ1n) is 6.16. The average molecular weight is 210 g/mol. The van der Waals surface area contributed by atoms with Gasteiger partial charge in [0.2, 0.25) is 0 Å². The van der Waals surface area contributed by atoms with Crippen molar-refractivity contribution in [1.82, 2.24) is 4.90 Å². The van der Waals surface area contributed by atoms with Crippen LogP contribution in [0.15, 0.2) is 0 Å². The summed E-state index contributed by atoms with van der Waals surface area (Å²) in [5, 5.41) is 0. The van der Waals surface area contributed by atoms with Gasteiger partial charge < -0.3 is 5.73 Å². The van der Waals surface area contributed by atoms with Gasteiger partial charge in [0, 0.05) is 25.4 Å². The van der Waals surface area contributed by atoms with E-state index >= 15 is 0 Å². The number of nitrogens with zero attached hydrogens (tertiary/aromatic N) is 1. The standard InChI is InChI=1S/C12H22N2O/c1-9-2-3-11(15)6-12(9)14-5-4-10(7-13)8-14/h9-10,12H,2-8,13H2,1H3. The molecule has 2 N–H and O–H groups in total. The van der Waals surface area contributed by atoms with Gasteiger partial charge in [-0.15, -0.1) is 0 Å². The molecule has 1 saturated heterocycles. The molecule has 15 heavy (non-hydrogen) atoms. The fourth-order valence-electron chi connectivity index (χ4n) is 2.96. The minimum Gasteiger partial charge on any atom is -0.330 e. The van der Waals surface area contributed by atoms with E-state index in [-0.39, 0.29) is 0 Å². The van der Waals surface area contributed by atoms with Crippen LogP contribution in [0.3, 0.4) is 0 Å². The van der Waals surface area contributed by atoms with Crippen molar-refractivity contribution in [3.8, 4) is 0 Å². The third kappa shape index (κ3) is 2.40. The number of likely N-dealkylation sites (tertiary alicyclic amines) is 1. The van der Waals surface area contributed by atoms with Crippen LogP contribution >= 0.6 is 0 Å². The first-order valence-corrected chi connectivity index (χ1v) is 6.16. The van der Waals surface area contributed by atoms with Gasteiger partial charge in [-0.2, -0.15) is 0 Å². The van der Waals surface area contributed by atoms with Gasteiger partial charge in [-0.25, -0.2) is 0 Å². The number of Topliss-reactive ketones (excluding diaryl/α,β-unsaturated/α-hetero) is 1. The minimum absolute atomic E-state index is 0.453. The van der Waals surface area contributed by atoms with Crippen LogP contribution in [0.2, 0.25) is 0 Å². The highest BCUT2D eigenvalue weighted by molar-refractivity contribution is 5.79. The molecular formula is C12H22N2O. The zero-order valence-electron chi connectivity index (χ0n) is 9.61. The van der Waals surface area contributed by atoms with Crippen molar-refractivity contribution in [3.63, 3.8) is 0 Å². The maximum atomic E-state index is 11.5. The summed E-state index contributed by atoms with van der Waals surface area (Å²) in [7, 11) is 0. The second-order valence-corrected chi connectivity index (χ2v) is 5.21. The highest BCUT2D eigenvalue weighted by Gasteiger charge is 2.34. The molecule has 86 valence electrons. The van der Waals surface area contributed by atoms with Gasteiger partial charge in [0.25, 0.3) is 0 Å². The van der Waals surface area contributed by atoms with Gasteiger partial charge in [0.1, 0.15) is 5.78 Å². The number of carbonyl (C=O) groups is 1. The third-order valence-corrected chi connectivity index (χ3v) is 4.09. The molecule has 0 aromatic rings.